The average molecular weight is 535 g/mol. The third kappa shape index (κ3) is 5.16. The van der Waals surface area contributed by atoms with Gasteiger partial charge in [0.2, 0.25) is 0 Å². The molecule has 1 N–H and O–H groups in total. The van der Waals surface area contributed by atoms with E-state index in [-0.39, 0.29) is 18.0 Å². The fourth-order valence-corrected chi connectivity index (χ4v) is 4.78. The lowest BCUT2D eigenvalue weighted by Crippen LogP contribution is -2.55. The number of fused-ring (bicyclic) bond motifs is 1. The van der Waals surface area contributed by atoms with Crippen LogP contribution in [0.2, 0.25) is 0 Å². The van der Waals surface area contributed by atoms with Gasteiger partial charge in [0.1, 0.15) is 28.6 Å². The molecule has 9 nitrogen and oxygen atoms in total. The number of carbonyl (C=O) groups excluding carboxylic acids is 2. The van der Waals surface area contributed by atoms with Crippen molar-refractivity contribution in [2.24, 2.45) is 0 Å². The van der Waals surface area contributed by atoms with Gasteiger partial charge in [0.15, 0.2) is 5.54 Å². The number of alkyl carbamates (subject to hydrolysis) is 1. The van der Waals surface area contributed by atoms with Crippen LogP contribution >= 0.6 is 0 Å². The van der Waals surface area contributed by atoms with Crippen LogP contribution in [-0.2, 0) is 21.6 Å². The van der Waals surface area contributed by atoms with E-state index in [9.17, 15) is 9.59 Å². The molecule has 2 amide bonds. The summed E-state index contributed by atoms with van der Waals surface area (Å²) in [4.78, 5) is 29.8. The van der Waals surface area contributed by atoms with Crippen LogP contribution in [0.1, 0.15) is 37.5 Å². The minimum absolute atomic E-state index is 0.261. The van der Waals surface area contributed by atoms with Crippen LogP contribution in [0, 0.1) is 0 Å². The van der Waals surface area contributed by atoms with Crippen molar-refractivity contribution in [1.29, 1.82) is 0 Å². The molecule has 0 spiro atoms. The SMILES string of the molecule is COc1cc(OC)c(C2(NC(=O)OC(C)(C)C)C(=O)N(Cc3ccccc3)c3ccc(OC)cc32)c(OC)c1. The molecular formula is C30H34N2O7. The lowest BCUT2D eigenvalue weighted by Gasteiger charge is -2.34. The zero-order valence-corrected chi connectivity index (χ0v) is 23.3. The first-order valence-corrected chi connectivity index (χ1v) is 12.4. The standard InChI is InChI=1S/C30H34N2O7/c1-29(2,3)39-28(34)31-30(26-24(37-6)16-21(36-5)17-25(26)38-7)22-15-20(35-4)13-14-23(22)32(27(30)33)18-19-11-9-8-10-12-19/h8-17H,18H2,1-7H3,(H,31,34). The summed E-state index contributed by atoms with van der Waals surface area (Å²) in [6, 6.07) is 18.2. The van der Waals surface area contributed by atoms with Crippen molar-refractivity contribution in [3.8, 4) is 23.0 Å². The van der Waals surface area contributed by atoms with E-state index in [1.165, 1.54) is 28.4 Å². The molecule has 0 fully saturated rings. The molecule has 1 aliphatic rings. The highest BCUT2D eigenvalue weighted by molar-refractivity contribution is 6.12. The lowest BCUT2D eigenvalue weighted by atomic mass is 9.82. The van der Waals surface area contributed by atoms with Gasteiger partial charge in [-0.1, -0.05) is 30.3 Å². The molecule has 0 aromatic heterocycles. The van der Waals surface area contributed by atoms with Crippen molar-refractivity contribution < 1.29 is 33.3 Å². The second-order valence-electron chi connectivity index (χ2n) is 10.0. The van der Waals surface area contributed by atoms with Crippen LogP contribution in [0.15, 0.2) is 60.7 Å². The maximum Gasteiger partial charge on any atom is 0.409 e. The van der Waals surface area contributed by atoms with Gasteiger partial charge in [0.05, 0.1) is 46.2 Å². The monoisotopic (exact) mass is 534 g/mol. The summed E-state index contributed by atoms with van der Waals surface area (Å²) >= 11 is 0. The Morgan fingerprint density at radius 2 is 1.46 bits per heavy atom. The second kappa shape index (κ2) is 10.8. The summed E-state index contributed by atoms with van der Waals surface area (Å²) < 4.78 is 28.2. The maximum absolute atomic E-state index is 14.8. The summed E-state index contributed by atoms with van der Waals surface area (Å²) in [6.45, 7) is 5.52. The first kappa shape index (κ1) is 27.6. The van der Waals surface area contributed by atoms with Gasteiger partial charge in [-0.05, 0) is 44.5 Å². The van der Waals surface area contributed by atoms with Gasteiger partial charge in [-0.2, -0.15) is 0 Å². The van der Waals surface area contributed by atoms with Crippen LogP contribution in [0.5, 0.6) is 23.0 Å². The fourth-order valence-electron chi connectivity index (χ4n) is 4.78. The highest BCUT2D eigenvalue weighted by atomic mass is 16.6. The van der Waals surface area contributed by atoms with Crippen molar-refractivity contribution in [2.45, 2.75) is 38.5 Å². The number of anilines is 1. The predicted molar refractivity (Wildman–Crippen MR) is 147 cm³/mol. The molecule has 3 aromatic carbocycles. The van der Waals surface area contributed by atoms with E-state index in [1.54, 1.807) is 56.0 Å². The molecule has 0 aliphatic carbocycles. The van der Waals surface area contributed by atoms with Crippen molar-refractivity contribution in [2.75, 3.05) is 33.3 Å². The van der Waals surface area contributed by atoms with Crippen LogP contribution in [0.25, 0.3) is 0 Å². The van der Waals surface area contributed by atoms with Crippen LogP contribution < -0.4 is 29.2 Å². The summed E-state index contributed by atoms with van der Waals surface area (Å²) in [6.07, 6.45) is -0.786. The molecule has 1 atom stereocenters. The summed E-state index contributed by atoms with van der Waals surface area (Å²) in [7, 11) is 6.02. The number of nitrogens with one attached hydrogen (secondary N) is 1. The molecule has 3 aromatic rings. The number of methoxy groups -OCH3 is 4. The van der Waals surface area contributed by atoms with E-state index >= 15 is 0 Å². The van der Waals surface area contributed by atoms with Crippen LogP contribution in [0.4, 0.5) is 10.5 Å². The first-order chi connectivity index (χ1) is 18.6. The molecule has 4 rings (SSSR count). The van der Waals surface area contributed by atoms with Crippen molar-refractivity contribution >= 4 is 17.7 Å². The number of ether oxygens (including phenoxy) is 5. The molecule has 9 heteroatoms. The van der Waals surface area contributed by atoms with E-state index in [2.05, 4.69) is 5.32 Å². The molecule has 206 valence electrons. The third-order valence-corrected chi connectivity index (χ3v) is 6.43. The highest BCUT2D eigenvalue weighted by Crippen LogP contribution is 2.52. The van der Waals surface area contributed by atoms with E-state index in [4.69, 9.17) is 23.7 Å². The molecule has 0 saturated heterocycles. The molecule has 0 radical (unpaired) electrons. The van der Waals surface area contributed by atoms with E-state index in [0.29, 0.717) is 28.3 Å². The molecule has 0 bridgehead atoms. The van der Waals surface area contributed by atoms with Crippen LogP contribution in [0.3, 0.4) is 0 Å². The van der Waals surface area contributed by atoms with Gasteiger partial charge in [0, 0.05) is 17.7 Å². The van der Waals surface area contributed by atoms with Gasteiger partial charge < -0.3 is 28.6 Å². The van der Waals surface area contributed by atoms with Gasteiger partial charge in [-0.3, -0.25) is 10.1 Å². The van der Waals surface area contributed by atoms with E-state index < -0.39 is 23.1 Å². The van der Waals surface area contributed by atoms with E-state index in [1.807, 2.05) is 30.3 Å². The van der Waals surface area contributed by atoms with Gasteiger partial charge in [-0.25, -0.2) is 4.79 Å². The highest BCUT2D eigenvalue weighted by Gasteiger charge is 2.57. The number of nitrogens with zero attached hydrogens (tertiary/aromatic N) is 1. The van der Waals surface area contributed by atoms with Crippen molar-refractivity contribution in [3.05, 3.63) is 77.4 Å². The second-order valence-corrected chi connectivity index (χ2v) is 10.0. The van der Waals surface area contributed by atoms with Crippen molar-refractivity contribution in [1.82, 2.24) is 5.32 Å². The maximum atomic E-state index is 14.8. The minimum atomic E-state index is -1.79. The molecule has 39 heavy (non-hydrogen) atoms. The average Bonchev–Trinajstić information content (AvgIpc) is 3.14. The molecule has 1 unspecified atom stereocenters. The topological polar surface area (TPSA) is 95.6 Å². The minimum Gasteiger partial charge on any atom is -0.497 e. The largest absolute Gasteiger partial charge is 0.497 e. The van der Waals surface area contributed by atoms with E-state index in [0.717, 1.165) is 5.56 Å². The quantitative estimate of drug-likeness (QED) is 0.433. The Kier molecular flexibility index (Phi) is 7.63. The zero-order chi connectivity index (χ0) is 28.4. The first-order valence-electron chi connectivity index (χ1n) is 12.4. The van der Waals surface area contributed by atoms with Gasteiger partial charge >= 0.3 is 6.09 Å². The Morgan fingerprint density at radius 3 is 2.00 bits per heavy atom. The number of rotatable bonds is 8. The summed E-state index contributed by atoms with van der Waals surface area (Å²) in [5, 5.41) is 2.92. The van der Waals surface area contributed by atoms with Gasteiger partial charge in [-0.15, -0.1) is 0 Å². The molecular weight excluding hydrogens is 500 g/mol. The molecule has 1 aliphatic heterocycles. The zero-order valence-electron chi connectivity index (χ0n) is 23.3. The van der Waals surface area contributed by atoms with Crippen LogP contribution in [-0.4, -0.2) is 46.0 Å². The smallest absolute Gasteiger partial charge is 0.409 e. The van der Waals surface area contributed by atoms with Gasteiger partial charge in [0.25, 0.3) is 5.91 Å². The Morgan fingerprint density at radius 1 is 0.846 bits per heavy atom. The predicted octanol–water partition coefficient (Wildman–Crippen LogP) is 5.04. The summed E-state index contributed by atoms with van der Waals surface area (Å²) in [5.74, 6) is 1.11. The Balaban J connectivity index is 2.04. The molecule has 1 heterocycles. The molecule has 0 saturated carbocycles. The number of carbonyl (C=O) groups is 2. The third-order valence-electron chi connectivity index (χ3n) is 6.43. The lowest BCUT2D eigenvalue weighted by molar-refractivity contribution is -0.123. The number of hydrogen-bond donors (Lipinski definition) is 1. The number of hydrogen-bond acceptors (Lipinski definition) is 7. The Hall–Kier alpha value is -4.40. The summed E-state index contributed by atoms with van der Waals surface area (Å²) in [5.41, 5.74) is -0.314. The fraction of sp³-hybridized carbons (Fsp3) is 0.333. The Bertz CT molecular complexity index is 1340. The Labute approximate surface area is 228 Å². The number of benzene rings is 3. The van der Waals surface area contributed by atoms with Crippen molar-refractivity contribution in [3.63, 3.8) is 0 Å². The number of amides is 2. The normalized spacial score (nSPS) is 16.4.